The van der Waals surface area contributed by atoms with Crippen molar-refractivity contribution in [1.82, 2.24) is 4.98 Å². The fourth-order valence-electron chi connectivity index (χ4n) is 2.99. The molecule has 0 atom stereocenters. The van der Waals surface area contributed by atoms with Crippen LogP contribution in [-0.2, 0) is 0 Å². The normalized spacial score (nSPS) is 14.3. The van der Waals surface area contributed by atoms with Crippen molar-refractivity contribution in [3.63, 3.8) is 0 Å². The second kappa shape index (κ2) is 6.31. The zero-order chi connectivity index (χ0) is 18.3. The Labute approximate surface area is 155 Å². The number of phenolic OH excluding ortho intramolecular Hbond substituents is 1. The van der Waals surface area contributed by atoms with Gasteiger partial charge in [-0.1, -0.05) is 36.4 Å². The molecular formula is C20H17N3O2S. The molecule has 5 nitrogen and oxygen atoms in total. The summed E-state index contributed by atoms with van der Waals surface area (Å²) < 4.78 is 0. The first-order chi connectivity index (χ1) is 12.5. The number of hydrogen-bond donors (Lipinski definition) is 3. The first-order valence-electron chi connectivity index (χ1n) is 8.14. The maximum Gasteiger partial charge on any atom is 0.139 e. The number of anilines is 1. The molecule has 3 aromatic rings. The lowest BCUT2D eigenvalue weighted by Gasteiger charge is -2.20. The van der Waals surface area contributed by atoms with E-state index in [1.54, 1.807) is 23.1 Å². The monoisotopic (exact) mass is 363 g/mol. The van der Waals surface area contributed by atoms with Crippen LogP contribution in [0.1, 0.15) is 10.6 Å². The van der Waals surface area contributed by atoms with Gasteiger partial charge in [-0.25, -0.2) is 4.98 Å². The Morgan fingerprint density at radius 1 is 1.12 bits per heavy atom. The molecule has 2 heterocycles. The molecular weight excluding hydrogens is 346 g/mol. The van der Waals surface area contributed by atoms with E-state index in [0.717, 1.165) is 16.8 Å². The summed E-state index contributed by atoms with van der Waals surface area (Å²) >= 11 is 1.39. The number of hydrogen-bond acceptors (Lipinski definition) is 5. The predicted molar refractivity (Wildman–Crippen MR) is 105 cm³/mol. The average Bonchev–Trinajstić information content (AvgIpc) is 3.22. The van der Waals surface area contributed by atoms with Crippen LogP contribution in [0.3, 0.4) is 0 Å². The van der Waals surface area contributed by atoms with E-state index in [4.69, 9.17) is 5.41 Å². The van der Waals surface area contributed by atoms with Crippen LogP contribution in [0.25, 0.3) is 16.8 Å². The number of thiazole rings is 1. The Bertz CT molecular complexity index is 1020. The van der Waals surface area contributed by atoms with Crippen LogP contribution in [0.2, 0.25) is 0 Å². The van der Waals surface area contributed by atoms with Gasteiger partial charge >= 0.3 is 0 Å². The summed E-state index contributed by atoms with van der Waals surface area (Å²) in [5.41, 5.74) is 3.71. The fraction of sp³-hybridized carbons (Fsp3) is 0.100. The van der Waals surface area contributed by atoms with Crippen LogP contribution >= 0.6 is 11.3 Å². The Morgan fingerprint density at radius 2 is 1.88 bits per heavy atom. The van der Waals surface area contributed by atoms with E-state index < -0.39 is 0 Å². The maximum atomic E-state index is 10.5. The van der Waals surface area contributed by atoms with Crippen molar-refractivity contribution in [1.29, 1.82) is 5.41 Å². The predicted octanol–water partition coefficient (Wildman–Crippen LogP) is 4.59. The van der Waals surface area contributed by atoms with Gasteiger partial charge in [0.05, 0.1) is 23.5 Å². The van der Waals surface area contributed by atoms with Crippen LogP contribution < -0.4 is 4.90 Å². The number of nitrogens with zero attached hydrogens (tertiary/aromatic N) is 2. The molecule has 1 aliphatic heterocycles. The number of rotatable bonds is 3. The lowest BCUT2D eigenvalue weighted by molar-refractivity contribution is 0.411. The fourth-order valence-corrected chi connectivity index (χ4v) is 3.89. The number of aromatic nitrogens is 1. The maximum absolute atomic E-state index is 10.5. The van der Waals surface area contributed by atoms with Crippen molar-refractivity contribution >= 4 is 28.4 Å². The third-order valence-electron chi connectivity index (χ3n) is 4.31. The number of nitrogens with one attached hydrogen (secondary N) is 1. The topological polar surface area (TPSA) is 80.4 Å². The van der Waals surface area contributed by atoms with E-state index in [9.17, 15) is 10.2 Å². The first kappa shape index (κ1) is 16.4. The van der Waals surface area contributed by atoms with Gasteiger partial charge in [0.2, 0.25) is 0 Å². The third kappa shape index (κ3) is 2.74. The second-order valence-electron chi connectivity index (χ2n) is 6.15. The van der Waals surface area contributed by atoms with Gasteiger partial charge in [-0.2, -0.15) is 0 Å². The van der Waals surface area contributed by atoms with Crippen LogP contribution in [0, 0.1) is 12.3 Å². The molecule has 0 spiro atoms. The molecule has 0 amide bonds. The first-order valence-corrected chi connectivity index (χ1v) is 9.02. The largest absolute Gasteiger partial charge is 0.510 e. The van der Waals surface area contributed by atoms with Crippen LogP contribution in [-0.4, -0.2) is 27.6 Å². The van der Waals surface area contributed by atoms with Crippen LogP contribution in [0.4, 0.5) is 5.69 Å². The molecule has 1 aromatic heterocycles. The molecule has 1 aliphatic rings. The molecule has 3 N–H and O–H groups in total. The van der Waals surface area contributed by atoms with E-state index in [2.05, 4.69) is 4.98 Å². The molecule has 2 aromatic carbocycles. The van der Waals surface area contributed by atoms with Crippen molar-refractivity contribution < 1.29 is 10.2 Å². The van der Waals surface area contributed by atoms with Crippen molar-refractivity contribution in [3.05, 3.63) is 70.2 Å². The van der Waals surface area contributed by atoms with Crippen LogP contribution in [0.15, 0.2) is 59.7 Å². The van der Waals surface area contributed by atoms with Gasteiger partial charge in [-0.15, -0.1) is 11.3 Å². The van der Waals surface area contributed by atoms with Gasteiger partial charge < -0.3 is 15.1 Å². The molecule has 4 rings (SSSR count). The van der Waals surface area contributed by atoms with Crippen molar-refractivity contribution in [3.8, 4) is 17.0 Å². The van der Waals surface area contributed by atoms with Crippen molar-refractivity contribution in [2.24, 2.45) is 0 Å². The van der Waals surface area contributed by atoms with Gasteiger partial charge in [0, 0.05) is 10.9 Å². The summed E-state index contributed by atoms with van der Waals surface area (Å²) in [6.45, 7) is 2.06. The van der Waals surface area contributed by atoms with E-state index >= 15 is 0 Å². The third-order valence-corrected chi connectivity index (χ3v) is 5.17. The Balaban J connectivity index is 1.68. The summed E-state index contributed by atoms with van der Waals surface area (Å²) in [7, 11) is 0. The lowest BCUT2D eigenvalue weighted by atomic mass is 10.2. The van der Waals surface area contributed by atoms with E-state index in [0.29, 0.717) is 16.3 Å². The highest BCUT2D eigenvalue weighted by atomic mass is 32.1. The minimum atomic E-state index is 0.0820. The minimum Gasteiger partial charge on any atom is -0.510 e. The van der Waals surface area contributed by atoms with E-state index in [1.165, 1.54) is 11.3 Å². The number of aromatic hydroxyl groups is 1. The summed E-state index contributed by atoms with van der Waals surface area (Å²) in [5, 5.41) is 31.7. The number of phenols is 1. The molecule has 0 saturated heterocycles. The smallest absolute Gasteiger partial charge is 0.139 e. The van der Waals surface area contributed by atoms with Crippen LogP contribution in [0.5, 0.6) is 5.75 Å². The Morgan fingerprint density at radius 3 is 2.65 bits per heavy atom. The summed E-state index contributed by atoms with van der Waals surface area (Å²) in [6.07, 6.45) is 0. The van der Waals surface area contributed by atoms with E-state index in [-0.39, 0.29) is 23.9 Å². The van der Waals surface area contributed by atoms with Gasteiger partial charge in [0.1, 0.15) is 22.4 Å². The van der Waals surface area contributed by atoms with Crippen molar-refractivity contribution in [2.75, 3.05) is 11.4 Å². The SMILES string of the molecule is Cc1ccc(O)c(N2CC(O)=C(c3nc(-c4ccccc4)cs3)C2=N)c1. The molecule has 0 unspecified atom stereocenters. The Kier molecular flexibility index (Phi) is 3.97. The highest BCUT2D eigenvalue weighted by Crippen LogP contribution is 2.37. The molecule has 6 heteroatoms. The summed E-state index contributed by atoms with van der Waals surface area (Å²) in [5.74, 6) is 0.306. The van der Waals surface area contributed by atoms with Gasteiger partial charge in [0.15, 0.2) is 0 Å². The molecule has 0 bridgehead atoms. The zero-order valence-corrected chi connectivity index (χ0v) is 14.9. The van der Waals surface area contributed by atoms with Gasteiger partial charge in [-0.05, 0) is 24.6 Å². The average molecular weight is 363 g/mol. The molecule has 0 fully saturated rings. The molecule has 0 radical (unpaired) electrons. The number of aliphatic hydroxyl groups is 1. The molecule has 130 valence electrons. The Hall–Kier alpha value is -3.12. The molecule has 26 heavy (non-hydrogen) atoms. The minimum absolute atomic E-state index is 0.0820. The van der Waals surface area contributed by atoms with Gasteiger partial charge in [0.25, 0.3) is 0 Å². The highest BCUT2D eigenvalue weighted by molar-refractivity contribution is 7.11. The second-order valence-corrected chi connectivity index (χ2v) is 7.01. The summed E-state index contributed by atoms with van der Waals surface area (Å²) in [6, 6.07) is 15.0. The zero-order valence-electron chi connectivity index (χ0n) is 14.1. The number of benzene rings is 2. The quantitative estimate of drug-likeness (QED) is 0.636. The molecule has 0 saturated carbocycles. The lowest BCUT2D eigenvalue weighted by Crippen LogP contribution is -2.26. The summed E-state index contributed by atoms with van der Waals surface area (Å²) in [4.78, 5) is 6.20. The number of aliphatic hydroxyl groups excluding tert-OH is 1. The van der Waals surface area contributed by atoms with Crippen molar-refractivity contribution in [2.45, 2.75) is 6.92 Å². The standard InChI is InChI=1S/C20H17N3O2S/c1-12-7-8-16(24)15(9-12)23-10-17(25)18(19(23)21)20-22-14(11-26-20)13-5-3-2-4-6-13/h2-9,11,21,24-25H,10H2,1H3. The number of amidine groups is 1. The highest BCUT2D eigenvalue weighted by Gasteiger charge is 2.32. The van der Waals surface area contributed by atoms with Gasteiger partial charge in [-0.3, -0.25) is 5.41 Å². The molecule has 0 aliphatic carbocycles. The number of aryl methyl sites for hydroxylation is 1. The van der Waals surface area contributed by atoms with E-state index in [1.807, 2.05) is 42.6 Å².